The summed E-state index contributed by atoms with van der Waals surface area (Å²) in [4.78, 5) is 15.5. The molecule has 4 heteroatoms. The van der Waals surface area contributed by atoms with E-state index in [0.29, 0.717) is 6.42 Å². The predicted molar refractivity (Wildman–Crippen MR) is 112 cm³/mol. The summed E-state index contributed by atoms with van der Waals surface area (Å²) in [6.45, 7) is 0. The molecular formula is C24H21N3O. The first-order valence-electron chi connectivity index (χ1n) is 9.51. The van der Waals surface area contributed by atoms with E-state index in [9.17, 15) is 4.79 Å². The van der Waals surface area contributed by atoms with Crippen molar-refractivity contribution in [3.05, 3.63) is 95.7 Å². The average Bonchev–Trinajstić information content (AvgIpc) is 3.12. The number of hydrogen-bond donors (Lipinski definition) is 3. The molecule has 0 bridgehead atoms. The van der Waals surface area contributed by atoms with Crippen molar-refractivity contribution in [3.8, 4) is 11.1 Å². The number of nitrogens with one attached hydrogen (secondary N) is 2. The summed E-state index contributed by atoms with van der Waals surface area (Å²) in [6, 6.07) is 26.6. The number of aromatic nitrogens is 1. The van der Waals surface area contributed by atoms with Crippen molar-refractivity contribution in [1.82, 2.24) is 10.3 Å². The van der Waals surface area contributed by atoms with Crippen molar-refractivity contribution in [2.45, 2.75) is 18.5 Å². The van der Waals surface area contributed by atoms with Gasteiger partial charge in [0.25, 0.3) is 0 Å². The molecule has 0 fully saturated rings. The molecule has 138 valence electrons. The third-order valence-corrected chi connectivity index (χ3v) is 5.61. The maximum absolute atomic E-state index is 12.0. The molecule has 5 rings (SSSR count). The van der Waals surface area contributed by atoms with Gasteiger partial charge in [0, 0.05) is 16.6 Å². The first-order valence-corrected chi connectivity index (χ1v) is 9.51. The van der Waals surface area contributed by atoms with Crippen LogP contribution in [0.4, 0.5) is 0 Å². The van der Waals surface area contributed by atoms with Gasteiger partial charge < -0.3 is 10.7 Å². The van der Waals surface area contributed by atoms with Crippen molar-refractivity contribution in [1.29, 1.82) is 0 Å². The summed E-state index contributed by atoms with van der Waals surface area (Å²) in [5.41, 5.74) is 12.5. The van der Waals surface area contributed by atoms with Crippen LogP contribution in [0.5, 0.6) is 0 Å². The second-order valence-corrected chi connectivity index (χ2v) is 7.31. The Kier molecular flexibility index (Phi) is 3.99. The van der Waals surface area contributed by atoms with Gasteiger partial charge in [-0.05, 0) is 34.7 Å². The van der Waals surface area contributed by atoms with Gasteiger partial charge in [-0.15, -0.1) is 0 Å². The lowest BCUT2D eigenvalue weighted by molar-refractivity contribution is -0.120. The zero-order valence-electron chi connectivity index (χ0n) is 15.4. The fourth-order valence-electron chi connectivity index (χ4n) is 4.18. The van der Waals surface area contributed by atoms with Gasteiger partial charge in [-0.1, -0.05) is 72.8 Å². The Hall–Kier alpha value is -3.37. The molecule has 28 heavy (non-hydrogen) atoms. The SMILES string of the molecule is NC(=O)[C@H]1Cc2c([nH]c3ccccc23)C(c2ccc(-c3ccccc3)cc2)N1. The van der Waals surface area contributed by atoms with Crippen molar-refractivity contribution in [2.75, 3.05) is 0 Å². The van der Waals surface area contributed by atoms with E-state index in [0.717, 1.165) is 22.2 Å². The smallest absolute Gasteiger partial charge is 0.234 e. The van der Waals surface area contributed by atoms with Gasteiger partial charge in [0.15, 0.2) is 0 Å². The summed E-state index contributed by atoms with van der Waals surface area (Å²) in [5, 5.41) is 4.60. The molecule has 0 aliphatic carbocycles. The third kappa shape index (κ3) is 2.79. The number of fused-ring (bicyclic) bond motifs is 3. The van der Waals surface area contributed by atoms with Crippen LogP contribution in [0.15, 0.2) is 78.9 Å². The lowest BCUT2D eigenvalue weighted by atomic mass is 9.89. The minimum Gasteiger partial charge on any atom is -0.368 e. The Morgan fingerprint density at radius 3 is 2.29 bits per heavy atom. The number of H-pyrrole nitrogens is 1. The lowest BCUT2D eigenvalue weighted by Gasteiger charge is -2.30. The van der Waals surface area contributed by atoms with Gasteiger partial charge in [-0.25, -0.2) is 0 Å². The average molecular weight is 367 g/mol. The number of para-hydroxylation sites is 1. The fraction of sp³-hybridized carbons (Fsp3) is 0.125. The highest BCUT2D eigenvalue weighted by molar-refractivity contribution is 5.88. The highest BCUT2D eigenvalue weighted by Crippen LogP contribution is 2.35. The first kappa shape index (κ1) is 16.8. The number of carbonyl (C=O) groups is 1. The van der Waals surface area contributed by atoms with Crippen LogP contribution in [0, 0.1) is 0 Å². The van der Waals surface area contributed by atoms with E-state index in [1.54, 1.807) is 0 Å². The zero-order valence-corrected chi connectivity index (χ0v) is 15.4. The number of hydrogen-bond acceptors (Lipinski definition) is 2. The van der Waals surface area contributed by atoms with E-state index < -0.39 is 0 Å². The molecule has 0 saturated heterocycles. The van der Waals surface area contributed by atoms with Crippen LogP contribution in [-0.2, 0) is 11.2 Å². The predicted octanol–water partition coefficient (Wildman–Crippen LogP) is 3.92. The molecule has 1 unspecified atom stereocenters. The first-order chi connectivity index (χ1) is 13.7. The molecule has 1 aliphatic heterocycles. The summed E-state index contributed by atoms with van der Waals surface area (Å²) in [5.74, 6) is -0.318. The minimum absolute atomic E-state index is 0.0986. The molecule has 0 radical (unpaired) electrons. The Morgan fingerprint density at radius 2 is 1.54 bits per heavy atom. The molecule has 4 nitrogen and oxygen atoms in total. The van der Waals surface area contributed by atoms with Crippen LogP contribution in [0.1, 0.15) is 22.9 Å². The maximum Gasteiger partial charge on any atom is 0.234 e. The fourth-order valence-corrected chi connectivity index (χ4v) is 4.18. The molecule has 2 atom stereocenters. The quantitative estimate of drug-likeness (QED) is 0.513. The summed E-state index contributed by atoms with van der Waals surface area (Å²) in [7, 11) is 0. The number of carbonyl (C=O) groups excluding carboxylic acids is 1. The number of amides is 1. The summed E-state index contributed by atoms with van der Waals surface area (Å²) < 4.78 is 0. The number of rotatable bonds is 3. The number of primary amides is 1. The van der Waals surface area contributed by atoms with Gasteiger partial charge >= 0.3 is 0 Å². The number of aromatic amines is 1. The highest BCUT2D eigenvalue weighted by atomic mass is 16.1. The lowest BCUT2D eigenvalue weighted by Crippen LogP contribution is -2.48. The Balaban J connectivity index is 1.58. The van der Waals surface area contributed by atoms with Crippen molar-refractivity contribution >= 4 is 16.8 Å². The molecule has 2 heterocycles. The van der Waals surface area contributed by atoms with Crippen LogP contribution < -0.4 is 11.1 Å². The number of benzene rings is 3. The molecule has 4 N–H and O–H groups in total. The third-order valence-electron chi connectivity index (χ3n) is 5.61. The van der Waals surface area contributed by atoms with Crippen LogP contribution in [0.2, 0.25) is 0 Å². The molecule has 1 amide bonds. The van der Waals surface area contributed by atoms with E-state index in [1.807, 2.05) is 30.3 Å². The Bertz CT molecular complexity index is 1150. The minimum atomic E-state index is -0.384. The normalized spacial score (nSPS) is 18.7. The van der Waals surface area contributed by atoms with Crippen LogP contribution in [-0.4, -0.2) is 16.9 Å². The van der Waals surface area contributed by atoms with Gasteiger partial charge in [-0.2, -0.15) is 0 Å². The van der Waals surface area contributed by atoms with E-state index in [4.69, 9.17) is 5.73 Å². The van der Waals surface area contributed by atoms with Crippen molar-refractivity contribution < 1.29 is 4.79 Å². The van der Waals surface area contributed by atoms with Crippen molar-refractivity contribution in [3.63, 3.8) is 0 Å². The molecule has 0 saturated carbocycles. The van der Waals surface area contributed by atoms with Gasteiger partial charge in [0.05, 0.1) is 12.1 Å². The molecular weight excluding hydrogens is 346 g/mol. The molecule has 1 aliphatic rings. The monoisotopic (exact) mass is 367 g/mol. The highest BCUT2D eigenvalue weighted by Gasteiger charge is 2.32. The van der Waals surface area contributed by atoms with E-state index >= 15 is 0 Å². The van der Waals surface area contributed by atoms with E-state index in [-0.39, 0.29) is 18.0 Å². The molecule has 3 aromatic carbocycles. The second kappa shape index (κ2) is 6.66. The van der Waals surface area contributed by atoms with Crippen LogP contribution in [0.3, 0.4) is 0 Å². The van der Waals surface area contributed by atoms with E-state index in [1.165, 1.54) is 16.7 Å². The standard InChI is InChI=1S/C24H21N3O/c25-24(28)21-14-19-18-8-4-5-9-20(18)26-23(19)22(27-21)17-12-10-16(11-13-17)15-6-2-1-3-7-15/h1-13,21-22,26-27H,14H2,(H2,25,28)/t21-,22?/m1/s1. The molecule has 0 spiro atoms. The van der Waals surface area contributed by atoms with Gasteiger partial charge in [0.2, 0.25) is 5.91 Å². The molecule has 1 aromatic heterocycles. The van der Waals surface area contributed by atoms with Gasteiger partial charge in [0.1, 0.15) is 0 Å². The number of nitrogens with two attached hydrogens (primary N) is 1. The summed E-state index contributed by atoms with van der Waals surface area (Å²) >= 11 is 0. The second-order valence-electron chi connectivity index (χ2n) is 7.31. The summed E-state index contributed by atoms with van der Waals surface area (Å²) in [6.07, 6.45) is 0.604. The Labute approximate surface area is 163 Å². The Morgan fingerprint density at radius 1 is 0.857 bits per heavy atom. The topological polar surface area (TPSA) is 70.9 Å². The largest absolute Gasteiger partial charge is 0.368 e. The maximum atomic E-state index is 12.0. The zero-order chi connectivity index (χ0) is 19.1. The van der Waals surface area contributed by atoms with Crippen LogP contribution in [0.25, 0.3) is 22.0 Å². The van der Waals surface area contributed by atoms with E-state index in [2.05, 4.69) is 58.8 Å². The van der Waals surface area contributed by atoms with Gasteiger partial charge in [-0.3, -0.25) is 10.1 Å². The molecule has 4 aromatic rings. The van der Waals surface area contributed by atoms with Crippen molar-refractivity contribution in [2.24, 2.45) is 5.73 Å². The van der Waals surface area contributed by atoms with Crippen LogP contribution >= 0.6 is 0 Å².